The maximum Gasteiger partial charge on any atom is 0.112 e. The van der Waals surface area contributed by atoms with Gasteiger partial charge in [-0.2, -0.15) is 0 Å². The predicted octanol–water partition coefficient (Wildman–Crippen LogP) is 3.81. The number of imidazole rings is 1. The van der Waals surface area contributed by atoms with Crippen molar-refractivity contribution in [3.05, 3.63) is 29.6 Å². The molecule has 0 amide bonds. The van der Waals surface area contributed by atoms with Crippen LogP contribution in [0.1, 0.15) is 63.3 Å². The van der Waals surface area contributed by atoms with Crippen molar-refractivity contribution >= 4 is 11.0 Å². The van der Waals surface area contributed by atoms with Crippen LogP contribution in [0.3, 0.4) is 0 Å². The third-order valence-electron chi connectivity index (χ3n) is 4.75. The van der Waals surface area contributed by atoms with Gasteiger partial charge in [0.25, 0.3) is 0 Å². The van der Waals surface area contributed by atoms with Crippen molar-refractivity contribution in [3.8, 4) is 0 Å². The number of nitrogens with two attached hydrogens (primary N) is 1. The summed E-state index contributed by atoms with van der Waals surface area (Å²) in [6.45, 7) is 4.38. The average molecular weight is 271 g/mol. The van der Waals surface area contributed by atoms with Crippen LogP contribution in [0.5, 0.6) is 0 Å². The third-order valence-corrected chi connectivity index (χ3v) is 4.75. The van der Waals surface area contributed by atoms with Crippen LogP contribution in [0.25, 0.3) is 11.0 Å². The third kappa shape index (κ3) is 2.14. The fourth-order valence-corrected chi connectivity index (χ4v) is 3.52. The molecule has 0 atom stereocenters. The lowest BCUT2D eigenvalue weighted by Crippen LogP contribution is -2.38. The largest absolute Gasteiger partial charge is 0.331 e. The van der Waals surface area contributed by atoms with E-state index < -0.39 is 0 Å². The van der Waals surface area contributed by atoms with Gasteiger partial charge in [0.15, 0.2) is 0 Å². The minimum Gasteiger partial charge on any atom is -0.331 e. The van der Waals surface area contributed by atoms with E-state index in [1.54, 1.807) is 0 Å². The van der Waals surface area contributed by atoms with Crippen LogP contribution in [0.2, 0.25) is 0 Å². The Kier molecular flexibility index (Phi) is 3.33. The molecule has 0 bridgehead atoms. The lowest BCUT2D eigenvalue weighted by Gasteiger charge is -2.33. The highest BCUT2D eigenvalue weighted by Crippen LogP contribution is 2.36. The molecule has 1 aromatic carbocycles. The van der Waals surface area contributed by atoms with E-state index in [9.17, 15) is 0 Å². The van der Waals surface area contributed by atoms with E-state index in [2.05, 4.69) is 43.7 Å². The van der Waals surface area contributed by atoms with Gasteiger partial charge < -0.3 is 10.3 Å². The molecular weight excluding hydrogens is 246 g/mol. The van der Waals surface area contributed by atoms with Gasteiger partial charge in [-0.1, -0.05) is 39.2 Å². The molecule has 3 nitrogen and oxygen atoms in total. The molecule has 2 aromatic rings. The lowest BCUT2D eigenvalue weighted by atomic mass is 9.77. The van der Waals surface area contributed by atoms with Gasteiger partial charge in [-0.25, -0.2) is 4.98 Å². The number of fused-ring (bicyclic) bond motifs is 1. The smallest absolute Gasteiger partial charge is 0.112 e. The maximum atomic E-state index is 6.64. The van der Waals surface area contributed by atoms with E-state index in [1.165, 1.54) is 30.3 Å². The topological polar surface area (TPSA) is 43.8 Å². The second kappa shape index (κ2) is 4.88. The highest BCUT2D eigenvalue weighted by molar-refractivity contribution is 5.77. The Morgan fingerprint density at radius 1 is 1.20 bits per heavy atom. The van der Waals surface area contributed by atoms with E-state index in [0.29, 0.717) is 5.92 Å². The minimum atomic E-state index is -0.137. The van der Waals surface area contributed by atoms with Crippen molar-refractivity contribution in [1.29, 1.82) is 0 Å². The van der Waals surface area contributed by atoms with Gasteiger partial charge in [-0.3, -0.25) is 0 Å². The number of benzene rings is 1. The summed E-state index contributed by atoms with van der Waals surface area (Å²) in [5.74, 6) is 1.59. The zero-order valence-corrected chi connectivity index (χ0v) is 12.8. The molecule has 108 valence electrons. The molecule has 1 aliphatic carbocycles. The molecule has 1 aliphatic rings. The van der Waals surface area contributed by atoms with Crippen LogP contribution >= 0.6 is 0 Å². The summed E-state index contributed by atoms with van der Waals surface area (Å²) in [4.78, 5) is 4.81. The summed E-state index contributed by atoms with van der Waals surface area (Å²) >= 11 is 0. The van der Waals surface area contributed by atoms with Crippen molar-refractivity contribution in [1.82, 2.24) is 9.55 Å². The van der Waals surface area contributed by atoms with Gasteiger partial charge in [-0.05, 0) is 30.5 Å². The highest BCUT2D eigenvalue weighted by Gasteiger charge is 2.29. The van der Waals surface area contributed by atoms with Gasteiger partial charge in [0.2, 0.25) is 0 Å². The molecule has 1 heterocycles. The normalized spacial score (nSPS) is 18.9. The van der Waals surface area contributed by atoms with Gasteiger partial charge in [0, 0.05) is 18.5 Å². The van der Waals surface area contributed by atoms with Crippen LogP contribution in [0, 0.1) is 0 Å². The molecular formula is C17H25N3. The van der Waals surface area contributed by atoms with Crippen molar-refractivity contribution in [2.45, 2.75) is 57.4 Å². The molecule has 1 aromatic heterocycles. The first-order valence-corrected chi connectivity index (χ1v) is 7.77. The number of rotatable bonds is 2. The first-order chi connectivity index (χ1) is 9.51. The highest BCUT2D eigenvalue weighted by atomic mass is 15.1. The quantitative estimate of drug-likeness (QED) is 0.902. The fourth-order valence-electron chi connectivity index (χ4n) is 3.52. The van der Waals surface area contributed by atoms with Gasteiger partial charge >= 0.3 is 0 Å². The Morgan fingerprint density at radius 2 is 1.90 bits per heavy atom. The zero-order chi connectivity index (χ0) is 14.3. The summed E-state index contributed by atoms with van der Waals surface area (Å²) in [6.07, 6.45) is 6.01. The van der Waals surface area contributed by atoms with Gasteiger partial charge in [0.05, 0.1) is 11.0 Å². The lowest BCUT2D eigenvalue weighted by molar-refractivity contribution is 0.302. The summed E-state index contributed by atoms with van der Waals surface area (Å²) in [7, 11) is 2.10. The van der Waals surface area contributed by atoms with Crippen molar-refractivity contribution < 1.29 is 0 Å². The van der Waals surface area contributed by atoms with E-state index in [0.717, 1.165) is 24.2 Å². The van der Waals surface area contributed by atoms with E-state index >= 15 is 0 Å². The average Bonchev–Trinajstić information content (AvgIpc) is 2.77. The molecule has 1 fully saturated rings. The molecule has 3 heteroatoms. The fraction of sp³-hybridized carbons (Fsp3) is 0.588. The maximum absolute atomic E-state index is 6.64. The molecule has 3 rings (SSSR count). The van der Waals surface area contributed by atoms with Gasteiger partial charge in [0.1, 0.15) is 5.82 Å². The summed E-state index contributed by atoms with van der Waals surface area (Å²) in [5, 5.41) is 0. The Hall–Kier alpha value is -1.35. The summed E-state index contributed by atoms with van der Waals surface area (Å²) < 4.78 is 2.20. The van der Waals surface area contributed by atoms with E-state index in [4.69, 9.17) is 10.7 Å². The minimum absolute atomic E-state index is 0.137. The zero-order valence-electron chi connectivity index (χ0n) is 12.8. The van der Waals surface area contributed by atoms with Crippen LogP contribution < -0.4 is 5.73 Å². The first kappa shape index (κ1) is 13.6. The van der Waals surface area contributed by atoms with Crippen LogP contribution in [-0.2, 0) is 12.6 Å². The SMILES string of the molecule is CC(C)c1nc2cc(C3(N)CCCCC3)ccc2n1C. The van der Waals surface area contributed by atoms with E-state index in [1.807, 2.05) is 0 Å². The standard InChI is InChI=1S/C17H25N3/c1-12(2)16-19-14-11-13(7-8-15(14)20(16)3)17(18)9-5-4-6-10-17/h7-8,11-12H,4-6,9-10,18H2,1-3H3. The van der Waals surface area contributed by atoms with Crippen molar-refractivity contribution in [2.24, 2.45) is 12.8 Å². The number of hydrogen-bond acceptors (Lipinski definition) is 2. The summed E-state index contributed by atoms with van der Waals surface area (Å²) in [6, 6.07) is 6.61. The molecule has 0 unspecified atom stereocenters. The number of nitrogens with zero attached hydrogens (tertiary/aromatic N) is 2. The van der Waals surface area contributed by atoms with Gasteiger partial charge in [-0.15, -0.1) is 0 Å². The Labute approximate surface area is 121 Å². The number of aryl methyl sites for hydroxylation is 1. The molecule has 1 saturated carbocycles. The Bertz CT molecular complexity index is 618. The number of aromatic nitrogens is 2. The molecule has 0 saturated heterocycles. The Balaban J connectivity index is 2.06. The van der Waals surface area contributed by atoms with Crippen LogP contribution in [0.4, 0.5) is 0 Å². The predicted molar refractivity (Wildman–Crippen MR) is 83.8 cm³/mol. The molecule has 0 spiro atoms. The van der Waals surface area contributed by atoms with E-state index in [-0.39, 0.29) is 5.54 Å². The summed E-state index contributed by atoms with van der Waals surface area (Å²) in [5.41, 5.74) is 10.1. The Morgan fingerprint density at radius 3 is 2.55 bits per heavy atom. The second-order valence-corrected chi connectivity index (χ2v) is 6.60. The monoisotopic (exact) mass is 271 g/mol. The van der Waals surface area contributed by atoms with Crippen molar-refractivity contribution in [3.63, 3.8) is 0 Å². The second-order valence-electron chi connectivity index (χ2n) is 6.60. The molecule has 0 aliphatic heterocycles. The molecule has 0 radical (unpaired) electrons. The number of hydrogen-bond donors (Lipinski definition) is 1. The van der Waals surface area contributed by atoms with Crippen LogP contribution in [0.15, 0.2) is 18.2 Å². The van der Waals surface area contributed by atoms with Crippen molar-refractivity contribution in [2.75, 3.05) is 0 Å². The first-order valence-electron chi connectivity index (χ1n) is 7.77. The molecule has 20 heavy (non-hydrogen) atoms. The molecule has 2 N–H and O–H groups in total. The van der Waals surface area contributed by atoms with Crippen LogP contribution in [-0.4, -0.2) is 9.55 Å².